The van der Waals surface area contributed by atoms with Crippen molar-refractivity contribution in [2.75, 3.05) is 0 Å². The van der Waals surface area contributed by atoms with Crippen LogP contribution in [0, 0.1) is 0 Å². The van der Waals surface area contributed by atoms with E-state index in [1.807, 2.05) is 24.3 Å². The van der Waals surface area contributed by atoms with E-state index in [1.165, 1.54) is 10.6 Å². The number of carbonyl (C=O) groups excluding carboxylic acids is 1. The Morgan fingerprint density at radius 1 is 1.28 bits per heavy atom. The number of hydrogen-bond donors (Lipinski definition) is 0. The molecule has 0 aliphatic heterocycles. The maximum Gasteiger partial charge on any atom is 0.186 e. The summed E-state index contributed by atoms with van der Waals surface area (Å²) in [7, 11) is 0. The minimum absolute atomic E-state index is 0.347. The summed E-state index contributed by atoms with van der Waals surface area (Å²) >= 11 is 0. The second kappa shape index (κ2) is 3.92. The monoisotopic (exact) mass is 239 g/mol. The molecule has 0 aliphatic carbocycles. The third-order valence-electron chi connectivity index (χ3n) is 2.55. The van der Waals surface area contributed by atoms with Gasteiger partial charge in [0.05, 0.1) is 12.2 Å². The van der Waals surface area contributed by atoms with Crippen LogP contribution < -0.4 is 5.11 Å². The van der Waals surface area contributed by atoms with E-state index in [-0.39, 0.29) is 0 Å². The molecule has 0 spiro atoms. The fourth-order valence-electron chi connectivity index (χ4n) is 1.75. The Labute approximate surface area is 101 Å². The Kier molecular flexibility index (Phi) is 2.26. The number of carbonyl (C=O) groups is 1. The van der Waals surface area contributed by atoms with Gasteiger partial charge in [-0.3, -0.25) is 0 Å². The van der Waals surface area contributed by atoms with Crippen molar-refractivity contribution in [3.63, 3.8) is 0 Å². The van der Waals surface area contributed by atoms with Crippen LogP contribution in [-0.2, 0) is 4.79 Å². The standard InChI is InChI=1S/C12H8N4O2/c17-11(18)6-5-10-14-15-12-9-4-2-1-3-8(9)7-13-16(10)12/h1-7H,(H,17,18)/p-1/b6-5+. The van der Waals surface area contributed by atoms with Crippen LogP contribution in [0.4, 0.5) is 0 Å². The zero-order valence-electron chi connectivity index (χ0n) is 9.15. The molecule has 3 rings (SSSR count). The van der Waals surface area contributed by atoms with Gasteiger partial charge in [-0.05, 0) is 12.2 Å². The predicted molar refractivity (Wildman–Crippen MR) is 62.3 cm³/mol. The van der Waals surface area contributed by atoms with Gasteiger partial charge in [-0.25, -0.2) is 0 Å². The quantitative estimate of drug-likeness (QED) is 0.589. The van der Waals surface area contributed by atoms with Crippen molar-refractivity contribution < 1.29 is 9.90 Å². The molecular formula is C12H7N4O2-. The molecule has 0 amide bonds. The maximum atomic E-state index is 10.4. The molecule has 0 aliphatic rings. The number of nitrogens with zero attached hydrogens (tertiary/aromatic N) is 4. The first-order valence-corrected chi connectivity index (χ1v) is 5.24. The largest absolute Gasteiger partial charge is 0.545 e. The van der Waals surface area contributed by atoms with Gasteiger partial charge in [0.15, 0.2) is 11.5 Å². The topological polar surface area (TPSA) is 83.2 Å². The summed E-state index contributed by atoms with van der Waals surface area (Å²) in [5.74, 6) is -0.938. The number of aromatic nitrogens is 4. The van der Waals surface area contributed by atoms with Crippen molar-refractivity contribution in [2.24, 2.45) is 0 Å². The van der Waals surface area contributed by atoms with Gasteiger partial charge in [-0.1, -0.05) is 24.3 Å². The summed E-state index contributed by atoms with van der Waals surface area (Å²) in [5.41, 5.74) is 0.589. The van der Waals surface area contributed by atoms with E-state index in [9.17, 15) is 9.90 Å². The number of carboxylic acid groups (broad SMARTS) is 1. The predicted octanol–water partition coefficient (Wildman–Crippen LogP) is 0.0406. The van der Waals surface area contributed by atoms with Crippen molar-refractivity contribution in [1.82, 2.24) is 19.8 Å². The highest BCUT2D eigenvalue weighted by atomic mass is 16.4. The van der Waals surface area contributed by atoms with Crippen molar-refractivity contribution >= 4 is 28.5 Å². The van der Waals surface area contributed by atoms with Gasteiger partial charge in [0.2, 0.25) is 0 Å². The number of fused-ring (bicyclic) bond motifs is 3. The molecule has 6 heteroatoms. The fourth-order valence-corrected chi connectivity index (χ4v) is 1.75. The molecule has 0 fully saturated rings. The lowest BCUT2D eigenvalue weighted by Crippen LogP contribution is -2.18. The number of carboxylic acids is 1. The fraction of sp³-hybridized carbons (Fsp3) is 0. The summed E-state index contributed by atoms with van der Waals surface area (Å²) in [5, 5.41) is 24.3. The highest BCUT2D eigenvalue weighted by Gasteiger charge is 2.06. The molecule has 88 valence electrons. The average molecular weight is 239 g/mol. The first-order chi connectivity index (χ1) is 8.75. The van der Waals surface area contributed by atoms with Crippen molar-refractivity contribution in [3.8, 4) is 0 Å². The van der Waals surface area contributed by atoms with Crippen LogP contribution in [0.25, 0.3) is 22.5 Å². The number of benzene rings is 1. The molecule has 3 aromatic rings. The summed E-state index contributed by atoms with van der Waals surface area (Å²) < 4.78 is 1.49. The van der Waals surface area contributed by atoms with Gasteiger partial charge in [-0.15, -0.1) is 10.2 Å². The zero-order valence-corrected chi connectivity index (χ0v) is 9.15. The molecule has 0 N–H and O–H groups in total. The van der Waals surface area contributed by atoms with Gasteiger partial charge in [0.25, 0.3) is 0 Å². The molecule has 2 heterocycles. The lowest BCUT2D eigenvalue weighted by molar-refractivity contribution is -0.297. The summed E-state index contributed by atoms with van der Waals surface area (Å²) in [6.07, 6.45) is 3.88. The summed E-state index contributed by atoms with van der Waals surface area (Å²) in [4.78, 5) is 10.4. The molecule has 2 aromatic heterocycles. The lowest BCUT2D eigenvalue weighted by atomic mass is 10.2. The highest BCUT2D eigenvalue weighted by Crippen LogP contribution is 2.17. The maximum absolute atomic E-state index is 10.4. The SMILES string of the molecule is O=C([O-])/C=C/c1nnc2c3ccccc3cnn12. The molecule has 0 saturated carbocycles. The van der Waals surface area contributed by atoms with Crippen molar-refractivity contribution in [2.45, 2.75) is 0 Å². The van der Waals surface area contributed by atoms with Crippen LogP contribution >= 0.6 is 0 Å². The molecule has 18 heavy (non-hydrogen) atoms. The van der Waals surface area contributed by atoms with Gasteiger partial charge < -0.3 is 9.90 Å². The van der Waals surface area contributed by atoms with Crippen molar-refractivity contribution in [3.05, 3.63) is 42.4 Å². The van der Waals surface area contributed by atoms with Crippen LogP contribution in [0.15, 0.2) is 36.5 Å². The van der Waals surface area contributed by atoms with E-state index in [4.69, 9.17) is 0 Å². The van der Waals surface area contributed by atoms with Gasteiger partial charge in [0, 0.05) is 10.8 Å². The van der Waals surface area contributed by atoms with Crippen LogP contribution in [0.1, 0.15) is 5.82 Å². The normalized spacial score (nSPS) is 11.6. The molecule has 0 radical (unpaired) electrons. The number of hydrogen-bond acceptors (Lipinski definition) is 5. The highest BCUT2D eigenvalue weighted by molar-refractivity contribution is 5.93. The Bertz CT molecular complexity index is 776. The molecule has 0 bridgehead atoms. The van der Waals surface area contributed by atoms with Gasteiger partial charge >= 0.3 is 0 Å². The molecule has 0 atom stereocenters. The number of rotatable bonds is 2. The summed E-state index contributed by atoms with van der Waals surface area (Å²) in [6, 6.07) is 7.64. The second-order valence-corrected chi connectivity index (χ2v) is 3.68. The first-order valence-electron chi connectivity index (χ1n) is 5.24. The Morgan fingerprint density at radius 2 is 2.11 bits per heavy atom. The minimum Gasteiger partial charge on any atom is -0.545 e. The van der Waals surface area contributed by atoms with Crippen LogP contribution in [-0.4, -0.2) is 25.8 Å². The molecule has 1 aromatic carbocycles. The Hall–Kier alpha value is -2.76. The zero-order chi connectivity index (χ0) is 12.5. The Morgan fingerprint density at radius 3 is 2.94 bits per heavy atom. The molecule has 6 nitrogen and oxygen atoms in total. The second-order valence-electron chi connectivity index (χ2n) is 3.68. The molecule has 0 unspecified atom stereocenters. The van der Waals surface area contributed by atoms with Crippen LogP contribution in [0.2, 0.25) is 0 Å². The smallest absolute Gasteiger partial charge is 0.186 e. The average Bonchev–Trinajstić information content (AvgIpc) is 2.80. The summed E-state index contributed by atoms with van der Waals surface area (Å²) in [6.45, 7) is 0. The third-order valence-corrected chi connectivity index (χ3v) is 2.55. The molecular weight excluding hydrogens is 232 g/mol. The van der Waals surface area contributed by atoms with Crippen LogP contribution in [0.5, 0.6) is 0 Å². The Balaban J connectivity index is 2.26. The number of aliphatic carboxylic acids is 1. The minimum atomic E-state index is -1.28. The van der Waals surface area contributed by atoms with E-state index >= 15 is 0 Å². The van der Waals surface area contributed by atoms with Gasteiger partial charge in [0.1, 0.15) is 0 Å². The third kappa shape index (κ3) is 1.60. The van der Waals surface area contributed by atoms with Crippen molar-refractivity contribution in [1.29, 1.82) is 0 Å². The van der Waals surface area contributed by atoms with Gasteiger partial charge in [-0.2, -0.15) is 9.61 Å². The lowest BCUT2D eigenvalue weighted by Gasteiger charge is -1.98. The van der Waals surface area contributed by atoms with Crippen LogP contribution in [0.3, 0.4) is 0 Å². The van der Waals surface area contributed by atoms with E-state index in [0.717, 1.165) is 16.8 Å². The first kappa shape index (κ1) is 10.4. The molecule has 0 saturated heterocycles. The van der Waals surface area contributed by atoms with E-state index in [0.29, 0.717) is 11.5 Å². The van der Waals surface area contributed by atoms with E-state index in [1.54, 1.807) is 6.20 Å². The van der Waals surface area contributed by atoms with E-state index in [2.05, 4.69) is 15.3 Å². The van der Waals surface area contributed by atoms with E-state index < -0.39 is 5.97 Å².